The molecule has 8 nitrogen and oxygen atoms in total. The second kappa shape index (κ2) is 10.0. The van der Waals surface area contributed by atoms with Gasteiger partial charge >= 0.3 is 0 Å². The van der Waals surface area contributed by atoms with Crippen molar-refractivity contribution in [2.45, 2.75) is 6.92 Å². The zero-order valence-corrected chi connectivity index (χ0v) is 17.0. The molecule has 0 unspecified atom stereocenters. The van der Waals surface area contributed by atoms with Gasteiger partial charge in [0, 0.05) is 13.0 Å². The van der Waals surface area contributed by atoms with Gasteiger partial charge in [0.1, 0.15) is 17.2 Å². The average molecular weight is 400 g/mol. The van der Waals surface area contributed by atoms with E-state index >= 15 is 0 Å². The Balaban J connectivity index is 2.38. The highest BCUT2D eigenvalue weighted by Gasteiger charge is 2.15. The topological polar surface area (TPSA) is 95.1 Å². The van der Waals surface area contributed by atoms with Crippen LogP contribution < -0.4 is 29.6 Å². The van der Waals surface area contributed by atoms with Crippen LogP contribution >= 0.6 is 0 Å². The number of methoxy groups -OCH3 is 4. The highest BCUT2D eigenvalue weighted by molar-refractivity contribution is 6.09. The summed E-state index contributed by atoms with van der Waals surface area (Å²) in [7, 11) is 6.06. The molecule has 0 atom stereocenters. The van der Waals surface area contributed by atoms with Crippen LogP contribution in [-0.4, -0.2) is 40.3 Å². The molecule has 8 heteroatoms. The SMILES string of the molecule is COc1ccc(OC)c(NC(=O)/C(=C/c2ccc(OC)c(OC)c2)NC(C)=O)c1. The summed E-state index contributed by atoms with van der Waals surface area (Å²) in [5, 5.41) is 5.28. The van der Waals surface area contributed by atoms with Gasteiger partial charge < -0.3 is 29.6 Å². The first-order valence-corrected chi connectivity index (χ1v) is 8.66. The average Bonchev–Trinajstić information content (AvgIpc) is 2.72. The first-order valence-electron chi connectivity index (χ1n) is 8.66. The molecule has 0 saturated heterocycles. The van der Waals surface area contributed by atoms with Crippen molar-refractivity contribution in [2.75, 3.05) is 33.8 Å². The lowest BCUT2D eigenvalue weighted by Gasteiger charge is -2.14. The van der Waals surface area contributed by atoms with Crippen molar-refractivity contribution in [1.82, 2.24) is 5.32 Å². The monoisotopic (exact) mass is 400 g/mol. The van der Waals surface area contributed by atoms with Gasteiger partial charge in [-0.05, 0) is 35.9 Å². The van der Waals surface area contributed by atoms with Crippen molar-refractivity contribution in [3.63, 3.8) is 0 Å². The number of carbonyl (C=O) groups excluding carboxylic acids is 2. The normalized spacial score (nSPS) is 10.7. The molecule has 0 bridgehead atoms. The van der Waals surface area contributed by atoms with Crippen molar-refractivity contribution in [3.05, 3.63) is 47.7 Å². The summed E-state index contributed by atoms with van der Waals surface area (Å²) in [5.74, 6) is 1.14. The van der Waals surface area contributed by atoms with Gasteiger partial charge in [0.05, 0.1) is 34.1 Å². The fourth-order valence-electron chi connectivity index (χ4n) is 2.56. The van der Waals surface area contributed by atoms with E-state index in [-0.39, 0.29) is 11.6 Å². The van der Waals surface area contributed by atoms with Crippen LogP contribution in [0.3, 0.4) is 0 Å². The standard InChI is InChI=1S/C21H24N2O6/c1-13(24)22-17(10-14-6-8-19(28-4)20(11-14)29-5)21(25)23-16-12-15(26-2)7-9-18(16)27-3/h6-12H,1-5H3,(H,22,24)(H,23,25)/b17-10-. The van der Waals surface area contributed by atoms with E-state index in [9.17, 15) is 9.59 Å². The summed E-state index contributed by atoms with van der Waals surface area (Å²) in [6.07, 6.45) is 1.53. The van der Waals surface area contributed by atoms with E-state index in [0.29, 0.717) is 34.2 Å². The fourth-order valence-corrected chi connectivity index (χ4v) is 2.56. The van der Waals surface area contributed by atoms with Gasteiger partial charge in [-0.15, -0.1) is 0 Å². The zero-order chi connectivity index (χ0) is 21.4. The summed E-state index contributed by atoms with van der Waals surface area (Å²) in [4.78, 5) is 24.5. The summed E-state index contributed by atoms with van der Waals surface area (Å²) >= 11 is 0. The van der Waals surface area contributed by atoms with Gasteiger partial charge in [0.15, 0.2) is 11.5 Å². The molecular formula is C21H24N2O6. The van der Waals surface area contributed by atoms with E-state index in [4.69, 9.17) is 18.9 Å². The van der Waals surface area contributed by atoms with Crippen molar-refractivity contribution in [1.29, 1.82) is 0 Å². The van der Waals surface area contributed by atoms with E-state index in [2.05, 4.69) is 10.6 Å². The lowest BCUT2D eigenvalue weighted by atomic mass is 10.1. The maximum Gasteiger partial charge on any atom is 0.272 e. The maximum atomic E-state index is 12.9. The molecule has 0 fully saturated rings. The first-order chi connectivity index (χ1) is 13.9. The lowest BCUT2D eigenvalue weighted by molar-refractivity contribution is -0.120. The Labute approximate surface area is 169 Å². The third kappa shape index (κ3) is 5.65. The number of anilines is 1. The number of nitrogens with one attached hydrogen (secondary N) is 2. The molecule has 154 valence electrons. The first kappa shape index (κ1) is 21.6. The lowest BCUT2D eigenvalue weighted by Crippen LogP contribution is -2.29. The quantitative estimate of drug-likeness (QED) is 0.662. The predicted molar refractivity (Wildman–Crippen MR) is 110 cm³/mol. The number of benzene rings is 2. The third-order valence-corrected chi connectivity index (χ3v) is 3.93. The smallest absolute Gasteiger partial charge is 0.272 e. The Bertz CT molecular complexity index is 923. The molecule has 0 aromatic heterocycles. The van der Waals surface area contributed by atoms with E-state index in [1.165, 1.54) is 41.4 Å². The Hall–Kier alpha value is -3.68. The molecule has 0 heterocycles. The molecule has 0 spiro atoms. The highest BCUT2D eigenvalue weighted by Crippen LogP contribution is 2.30. The number of ether oxygens (including phenoxy) is 4. The van der Waals surface area contributed by atoms with E-state index < -0.39 is 5.91 Å². The van der Waals surface area contributed by atoms with Crippen LogP contribution in [0.25, 0.3) is 6.08 Å². The molecule has 0 saturated carbocycles. The number of amides is 2. The van der Waals surface area contributed by atoms with E-state index in [1.54, 1.807) is 36.4 Å². The molecule has 0 aliphatic heterocycles. The van der Waals surface area contributed by atoms with Gasteiger partial charge in [-0.1, -0.05) is 6.07 Å². The van der Waals surface area contributed by atoms with Gasteiger partial charge in [-0.2, -0.15) is 0 Å². The minimum atomic E-state index is -0.526. The van der Waals surface area contributed by atoms with Crippen molar-refractivity contribution in [3.8, 4) is 23.0 Å². The van der Waals surface area contributed by atoms with Gasteiger partial charge in [0.2, 0.25) is 5.91 Å². The van der Waals surface area contributed by atoms with Crippen LogP contribution in [0.2, 0.25) is 0 Å². The van der Waals surface area contributed by atoms with Crippen molar-refractivity contribution < 1.29 is 28.5 Å². The van der Waals surface area contributed by atoms with Crippen LogP contribution in [0.4, 0.5) is 5.69 Å². The molecule has 2 rings (SSSR count). The number of hydrogen-bond acceptors (Lipinski definition) is 6. The Morgan fingerprint density at radius 2 is 1.48 bits per heavy atom. The second-order valence-corrected chi connectivity index (χ2v) is 5.87. The van der Waals surface area contributed by atoms with Crippen molar-refractivity contribution in [2.24, 2.45) is 0 Å². The van der Waals surface area contributed by atoms with Crippen LogP contribution in [0, 0.1) is 0 Å². The molecular weight excluding hydrogens is 376 g/mol. The number of hydrogen-bond donors (Lipinski definition) is 2. The molecule has 0 radical (unpaired) electrons. The van der Waals surface area contributed by atoms with Gasteiger partial charge in [-0.3, -0.25) is 9.59 Å². The molecule has 2 aromatic rings. The minimum absolute atomic E-state index is 0.0505. The molecule has 0 aliphatic carbocycles. The maximum absolute atomic E-state index is 12.9. The van der Waals surface area contributed by atoms with Gasteiger partial charge in [0.25, 0.3) is 5.91 Å². The van der Waals surface area contributed by atoms with Crippen LogP contribution in [0.1, 0.15) is 12.5 Å². The van der Waals surface area contributed by atoms with Crippen molar-refractivity contribution >= 4 is 23.6 Å². The van der Waals surface area contributed by atoms with Gasteiger partial charge in [-0.25, -0.2) is 0 Å². The molecule has 0 aliphatic rings. The number of rotatable bonds is 8. The van der Waals surface area contributed by atoms with Crippen LogP contribution in [0.5, 0.6) is 23.0 Å². The molecule has 2 N–H and O–H groups in total. The summed E-state index contributed by atoms with van der Waals surface area (Å²) in [6.45, 7) is 1.32. The minimum Gasteiger partial charge on any atom is -0.497 e. The molecule has 2 amide bonds. The third-order valence-electron chi connectivity index (χ3n) is 3.93. The Morgan fingerprint density at radius 3 is 2.07 bits per heavy atom. The molecule has 29 heavy (non-hydrogen) atoms. The number of carbonyl (C=O) groups is 2. The zero-order valence-electron chi connectivity index (χ0n) is 17.0. The van der Waals surface area contributed by atoms with E-state index in [1.807, 2.05) is 0 Å². The second-order valence-electron chi connectivity index (χ2n) is 5.87. The van der Waals surface area contributed by atoms with Crippen LogP contribution in [0.15, 0.2) is 42.1 Å². The highest BCUT2D eigenvalue weighted by atomic mass is 16.5. The Kier molecular flexibility index (Phi) is 7.47. The fraction of sp³-hybridized carbons (Fsp3) is 0.238. The summed E-state index contributed by atoms with van der Waals surface area (Å²) in [6, 6.07) is 10.1. The summed E-state index contributed by atoms with van der Waals surface area (Å²) in [5.41, 5.74) is 1.09. The Morgan fingerprint density at radius 1 is 0.828 bits per heavy atom. The predicted octanol–water partition coefficient (Wildman–Crippen LogP) is 2.84. The molecule has 2 aromatic carbocycles. The van der Waals surface area contributed by atoms with E-state index in [0.717, 1.165) is 0 Å². The largest absolute Gasteiger partial charge is 0.497 e. The van der Waals surface area contributed by atoms with Crippen LogP contribution in [-0.2, 0) is 9.59 Å². The summed E-state index contributed by atoms with van der Waals surface area (Å²) < 4.78 is 21.0.